The van der Waals surface area contributed by atoms with Crippen LogP contribution in [-0.2, 0) is 19.0 Å². The van der Waals surface area contributed by atoms with Crippen LogP contribution in [0.15, 0.2) is 59.1 Å². The zero-order valence-electron chi connectivity index (χ0n) is 13.9. The molecule has 1 atom stereocenters. The van der Waals surface area contributed by atoms with Gasteiger partial charge in [0.05, 0.1) is 11.6 Å². The highest BCUT2D eigenvalue weighted by Gasteiger charge is 2.30. The molecule has 0 unspecified atom stereocenters. The van der Waals surface area contributed by atoms with Crippen LogP contribution in [0.2, 0.25) is 0 Å². The van der Waals surface area contributed by atoms with Crippen molar-refractivity contribution < 1.29 is 17.7 Å². The first-order valence-electron chi connectivity index (χ1n) is 8.20. The van der Waals surface area contributed by atoms with E-state index in [1.165, 1.54) is 17.7 Å². The number of nitrogens with zero attached hydrogens (tertiary/aromatic N) is 2. The minimum absolute atomic E-state index is 0.285. The third-order valence-electron chi connectivity index (χ3n) is 4.03. The molecule has 136 valence electrons. The summed E-state index contributed by atoms with van der Waals surface area (Å²) in [5.41, 5.74) is 7.26. The zero-order valence-corrected chi connectivity index (χ0v) is 13.9. The normalized spacial score (nSPS) is 12.9. The van der Waals surface area contributed by atoms with Gasteiger partial charge < -0.3 is 10.3 Å². The first-order chi connectivity index (χ1) is 12.4. The molecule has 4 nitrogen and oxygen atoms in total. The highest BCUT2D eigenvalue weighted by molar-refractivity contribution is 5.26. The highest BCUT2D eigenvalue weighted by Crippen LogP contribution is 2.29. The summed E-state index contributed by atoms with van der Waals surface area (Å²) in [5, 5.41) is 3.87. The molecule has 0 saturated heterocycles. The van der Waals surface area contributed by atoms with Crippen molar-refractivity contribution in [2.75, 3.05) is 0 Å². The van der Waals surface area contributed by atoms with Gasteiger partial charge in [-0.15, -0.1) is 0 Å². The number of rotatable bonds is 6. The highest BCUT2D eigenvalue weighted by atomic mass is 19.4. The number of aromatic nitrogens is 2. The monoisotopic (exact) mass is 361 g/mol. The van der Waals surface area contributed by atoms with Crippen LogP contribution in [0.4, 0.5) is 13.2 Å². The second-order valence-corrected chi connectivity index (χ2v) is 6.05. The lowest BCUT2D eigenvalue weighted by Gasteiger charge is -2.07. The molecule has 2 N–H and O–H groups in total. The van der Waals surface area contributed by atoms with Gasteiger partial charge in [0.15, 0.2) is 5.82 Å². The lowest BCUT2D eigenvalue weighted by molar-refractivity contribution is -0.137. The van der Waals surface area contributed by atoms with E-state index < -0.39 is 11.7 Å². The van der Waals surface area contributed by atoms with E-state index in [1.807, 2.05) is 30.3 Å². The van der Waals surface area contributed by atoms with Crippen molar-refractivity contribution in [3.63, 3.8) is 0 Å². The Morgan fingerprint density at radius 2 is 1.65 bits per heavy atom. The summed E-state index contributed by atoms with van der Waals surface area (Å²) in [5.74, 6) is 0.734. The molecule has 0 aliphatic rings. The van der Waals surface area contributed by atoms with E-state index in [-0.39, 0.29) is 12.5 Å². The van der Waals surface area contributed by atoms with E-state index in [4.69, 9.17) is 10.3 Å². The molecule has 0 aliphatic heterocycles. The fourth-order valence-corrected chi connectivity index (χ4v) is 2.57. The summed E-state index contributed by atoms with van der Waals surface area (Å²) < 4.78 is 42.9. The van der Waals surface area contributed by atoms with Gasteiger partial charge in [0.25, 0.3) is 0 Å². The van der Waals surface area contributed by atoms with Crippen molar-refractivity contribution in [3.8, 4) is 0 Å². The van der Waals surface area contributed by atoms with Gasteiger partial charge >= 0.3 is 6.18 Å². The number of benzene rings is 2. The minimum Gasteiger partial charge on any atom is -0.338 e. The Kier molecular flexibility index (Phi) is 5.37. The second-order valence-electron chi connectivity index (χ2n) is 6.05. The van der Waals surface area contributed by atoms with E-state index in [2.05, 4.69) is 10.1 Å². The summed E-state index contributed by atoms with van der Waals surface area (Å²) >= 11 is 0. The van der Waals surface area contributed by atoms with Crippen LogP contribution in [0.25, 0.3) is 0 Å². The SMILES string of the molecule is N[C@@H](CCc1ccccc1)c1nc(Cc2ccc(C(F)(F)F)cc2)no1. The Morgan fingerprint density at radius 1 is 0.962 bits per heavy atom. The molecule has 1 aromatic heterocycles. The molecule has 0 saturated carbocycles. The molecule has 26 heavy (non-hydrogen) atoms. The molecule has 0 aliphatic carbocycles. The number of nitrogens with two attached hydrogens (primary N) is 1. The van der Waals surface area contributed by atoms with Crippen molar-refractivity contribution >= 4 is 0 Å². The van der Waals surface area contributed by atoms with Crippen LogP contribution in [0, 0.1) is 0 Å². The molecular formula is C19H18F3N3O. The molecule has 1 heterocycles. The summed E-state index contributed by atoms with van der Waals surface area (Å²) in [7, 11) is 0. The molecule has 0 fully saturated rings. The summed E-state index contributed by atoms with van der Waals surface area (Å²) in [6.45, 7) is 0. The first kappa shape index (κ1) is 18.1. The Hall–Kier alpha value is -2.67. The maximum atomic E-state index is 12.6. The third kappa shape index (κ3) is 4.70. The topological polar surface area (TPSA) is 64.9 Å². The van der Waals surface area contributed by atoms with Crippen molar-refractivity contribution in [2.45, 2.75) is 31.5 Å². The van der Waals surface area contributed by atoms with Gasteiger partial charge in [-0.2, -0.15) is 18.2 Å². The van der Waals surface area contributed by atoms with Gasteiger partial charge in [0.1, 0.15) is 0 Å². The Balaban J connectivity index is 1.59. The molecule has 3 rings (SSSR count). The van der Waals surface area contributed by atoms with Crippen LogP contribution in [0.1, 0.15) is 40.9 Å². The van der Waals surface area contributed by atoms with Gasteiger partial charge in [-0.25, -0.2) is 0 Å². The van der Waals surface area contributed by atoms with Crippen LogP contribution in [-0.4, -0.2) is 10.1 Å². The van der Waals surface area contributed by atoms with Crippen molar-refractivity contribution in [1.82, 2.24) is 10.1 Å². The van der Waals surface area contributed by atoms with Crippen LogP contribution >= 0.6 is 0 Å². The van der Waals surface area contributed by atoms with Gasteiger partial charge in [-0.3, -0.25) is 0 Å². The molecule has 3 aromatic rings. The minimum atomic E-state index is -4.34. The average molecular weight is 361 g/mol. The van der Waals surface area contributed by atoms with E-state index in [1.54, 1.807) is 0 Å². The number of hydrogen-bond acceptors (Lipinski definition) is 4. The lowest BCUT2D eigenvalue weighted by atomic mass is 10.1. The first-order valence-corrected chi connectivity index (χ1v) is 8.20. The van der Waals surface area contributed by atoms with Gasteiger partial charge in [0, 0.05) is 6.42 Å². The third-order valence-corrected chi connectivity index (χ3v) is 4.03. The van der Waals surface area contributed by atoms with E-state index >= 15 is 0 Å². The smallest absolute Gasteiger partial charge is 0.338 e. The summed E-state index contributed by atoms with van der Waals surface area (Å²) in [6, 6.07) is 14.5. The summed E-state index contributed by atoms with van der Waals surface area (Å²) in [4.78, 5) is 4.26. The van der Waals surface area contributed by atoms with Gasteiger partial charge in [-0.1, -0.05) is 47.6 Å². The quantitative estimate of drug-likeness (QED) is 0.710. The van der Waals surface area contributed by atoms with Crippen molar-refractivity contribution in [2.24, 2.45) is 5.73 Å². The van der Waals surface area contributed by atoms with Crippen LogP contribution in [0.3, 0.4) is 0 Å². The number of halogens is 3. The summed E-state index contributed by atoms with van der Waals surface area (Å²) in [6.07, 6.45) is -2.61. The predicted octanol–water partition coefficient (Wildman–Crippen LogP) is 4.31. The molecular weight excluding hydrogens is 343 g/mol. The molecule has 0 bridgehead atoms. The number of alkyl halides is 3. The number of aryl methyl sites for hydroxylation is 1. The fourth-order valence-electron chi connectivity index (χ4n) is 2.57. The van der Waals surface area contributed by atoms with E-state index in [9.17, 15) is 13.2 Å². The molecule has 7 heteroatoms. The number of hydrogen-bond donors (Lipinski definition) is 1. The van der Waals surface area contributed by atoms with Gasteiger partial charge in [-0.05, 0) is 36.1 Å². The lowest BCUT2D eigenvalue weighted by Crippen LogP contribution is -2.12. The fraction of sp³-hybridized carbons (Fsp3) is 0.263. The maximum Gasteiger partial charge on any atom is 0.416 e. The van der Waals surface area contributed by atoms with Crippen molar-refractivity contribution in [1.29, 1.82) is 0 Å². The van der Waals surface area contributed by atoms with Crippen LogP contribution in [0.5, 0.6) is 0 Å². The van der Waals surface area contributed by atoms with E-state index in [0.29, 0.717) is 23.7 Å². The van der Waals surface area contributed by atoms with E-state index in [0.717, 1.165) is 18.6 Å². The largest absolute Gasteiger partial charge is 0.416 e. The predicted molar refractivity (Wildman–Crippen MR) is 90.2 cm³/mol. The Morgan fingerprint density at radius 3 is 2.31 bits per heavy atom. The molecule has 0 amide bonds. The standard InChI is InChI=1S/C19H18F3N3O/c20-19(21,22)15-9-6-14(7-10-15)12-17-24-18(26-25-17)16(23)11-8-13-4-2-1-3-5-13/h1-7,9-10,16H,8,11-12,23H2/t16-/m0/s1. The van der Waals surface area contributed by atoms with Gasteiger partial charge in [0.2, 0.25) is 5.89 Å². The average Bonchev–Trinajstić information content (AvgIpc) is 3.09. The molecule has 2 aromatic carbocycles. The Bertz CT molecular complexity index is 829. The molecule has 0 spiro atoms. The second kappa shape index (κ2) is 7.70. The Labute approximate surface area is 148 Å². The molecule has 0 radical (unpaired) electrons. The van der Waals surface area contributed by atoms with Crippen molar-refractivity contribution in [3.05, 3.63) is 83.0 Å². The zero-order chi connectivity index (χ0) is 18.6. The van der Waals surface area contributed by atoms with Crippen LogP contribution < -0.4 is 5.73 Å². The maximum absolute atomic E-state index is 12.6.